The van der Waals surface area contributed by atoms with Crippen molar-refractivity contribution in [3.05, 3.63) is 36.2 Å². The predicted molar refractivity (Wildman–Crippen MR) is 65.4 cm³/mol. The van der Waals surface area contributed by atoms with Crippen molar-refractivity contribution in [1.82, 2.24) is 0 Å². The largest absolute Gasteiger partial charge is 2.00 e. The van der Waals surface area contributed by atoms with E-state index in [0.717, 1.165) is 0 Å². The van der Waals surface area contributed by atoms with Gasteiger partial charge >= 0.3 is 141 Å². The molecule has 2 aromatic rings. The van der Waals surface area contributed by atoms with Gasteiger partial charge in [-0.15, -0.1) is 0 Å². The average molecular weight is 442 g/mol. The zero-order chi connectivity index (χ0) is 13.7. The van der Waals surface area contributed by atoms with E-state index >= 15 is 0 Å². The standard InChI is InChI=1S/2C6H6O2Se.Zn/c2*1-4-6(7)5(9)2-3-8-4;/h2*2-3H,1H3,(H-,7,9);/q;;+2/p-2. The van der Waals surface area contributed by atoms with Crippen LogP contribution in [-0.4, -0.2) is 32.0 Å². The smallest absolute Gasteiger partial charge is 2.00 e. The summed E-state index contributed by atoms with van der Waals surface area (Å²) in [6.07, 6.45) is 2.98. The van der Waals surface area contributed by atoms with Crippen molar-refractivity contribution in [3.8, 4) is 11.5 Å². The maximum atomic E-state index is 10.8. The van der Waals surface area contributed by atoms with E-state index in [0.29, 0.717) is 20.4 Å². The number of hydrogen-bond acceptors (Lipinski definition) is 2. The van der Waals surface area contributed by atoms with Gasteiger partial charge in [0.2, 0.25) is 0 Å². The summed E-state index contributed by atoms with van der Waals surface area (Å²) in [4.78, 5) is 0. The first kappa shape index (κ1) is 18.6. The molecule has 0 unspecified atom stereocenters. The van der Waals surface area contributed by atoms with Gasteiger partial charge in [-0.2, -0.15) is 0 Å². The first-order valence-corrected chi connectivity index (χ1v) is 6.65. The molecule has 0 aliphatic carbocycles. The first-order valence-electron chi connectivity index (χ1n) is 4.94. The third-order valence-electron chi connectivity index (χ3n) is 2.02. The van der Waals surface area contributed by atoms with Crippen LogP contribution in [-0.2, 0) is 19.5 Å². The summed E-state index contributed by atoms with van der Waals surface area (Å²) < 4.78 is 10.8. The summed E-state index contributed by atoms with van der Waals surface area (Å²) in [6, 6.07) is 3.21. The monoisotopic (exact) mass is 442 g/mol. The summed E-state index contributed by atoms with van der Waals surface area (Å²) in [6.45, 7) is 3.28. The minimum Gasteiger partial charge on any atom is 2.00 e. The van der Waals surface area contributed by atoms with Crippen molar-refractivity contribution in [2.24, 2.45) is 0 Å². The third-order valence-corrected chi connectivity index (χ3v) is 3.36. The predicted octanol–water partition coefficient (Wildman–Crippen LogP) is -0.529. The second kappa shape index (κ2) is 8.68. The van der Waals surface area contributed by atoms with Gasteiger partial charge in [0.05, 0.1) is 0 Å². The van der Waals surface area contributed by atoms with Crippen LogP contribution in [0.3, 0.4) is 0 Å². The van der Waals surface area contributed by atoms with E-state index in [4.69, 9.17) is 8.83 Å². The molecular weight excluding hydrogens is 431 g/mol. The van der Waals surface area contributed by atoms with Crippen LogP contribution in [0, 0.1) is 13.8 Å². The zero-order valence-corrected chi connectivity index (χ0v) is 16.9. The van der Waals surface area contributed by atoms with Gasteiger partial charge in [-0.3, -0.25) is 0 Å². The summed E-state index contributed by atoms with van der Waals surface area (Å²) in [5.74, 6) is 0.729. The topological polar surface area (TPSA) is 68.7 Å². The van der Waals surface area contributed by atoms with Crippen LogP contribution in [0.4, 0.5) is 0 Å². The van der Waals surface area contributed by atoms with Gasteiger partial charge in [-0.25, -0.2) is 0 Å². The average Bonchev–Trinajstić information content (AvgIpc) is 2.34. The van der Waals surface area contributed by atoms with Crippen LogP contribution >= 0.6 is 0 Å². The maximum Gasteiger partial charge on any atom is 2.00 e. The van der Waals surface area contributed by atoms with Gasteiger partial charge in [-0.05, 0) is 0 Å². The minimum absolute atomic E-state index is 0. The Morgan fingerprint density at radius 3 is 1.37 bits per heavy atom. The Labute approximate surface area is 140 Å². The number of aryl methyl sites for hydroxylation is 2. The normalized spacial score (nSPS) is 8.95. The molecule has 0 aromatic carbocycles. The number of rotatable bonds is 0. The summed E-state index contributed by atoms with van der Waals surface area (Å²) in [5.41, 5.74) is 0. The van der Waals surface area contributed by atoms with E-state index in [-0.39, 0.29) is 31.0 Å². The van der Waals surface area contributed by atoms with Crippen LogP contribution in [0.5, 0.6) is 11.5 Å². The van der Waals surface area contributed by atoms with Gasteiger partial charge in [0, 0.05) is 0 Å². The molecule has 0 spiro atoms. The third kappa shape index (κ3) is 5.60. The number of hydrogen-bond donors (Lipinski definition) is 0. The second-order valence-corrected chi connectivity index (χ2v) is 5.19. The summed E-state index contributed by atoms with van der Waals surface area (Å²) in [5, 5.41) is 21.7. The Bertz CT molecular complexity index is 459. The van der Waals surface area contributed by atoms with Crippen LogP contribution in [0.2, 0.25) is 0 Å². The molecule has 0 amide bonds. The van der Waals surface area contributed by atoms with Crippen LogP contribution in [0.15, 0.2) is 33.5 Å². The molecule has 2 rings (SSSR count). The fraction of sp³-hybridized carbons (Fsp3) is 0.167. The van der Waals surface area contributed by atoms with E-state index in [1.165, 1.54) is 12.5 Å². The molecule has 0 bridgehead atoms. The van der Waals surface area contributed by atoms with Crippen LogP contribution < -0.4 is 19.1 Å². The molecule has 2 heterocycles. The molecule has 7 heteroatoms. The van der Waals surface area contributed by atoms with Crippen molar-refractivity contribution in [1.29, 1.82) is 0 Å². The zero-order valence-electron chi connectivity index (χ0n) is 10.5. The molecule has 0 aliphatic rings. The van der Waals surface area contributed by atoms with Crippen molar-refractivity contribution in [3.63, 3.8) is 0 Å². The first-order chi connectivity index (χ1) is 8.43. The van der Waals surface area contributed by atoms with Gasteiger partial charge in [-0.1, -0.05) is 0 Å². The molecule has 4 nitrogen and oxygen atoms in total. The molecule has 96 valence electrons. The molecule has 0 atom stereocenters. The molecule has 19 heavy (non-hydrogen) atoms. The van der Waals surface area contributed by atoms with E-state index in [1.54, 1.807) is 26.0 Å². The molecular formula is C12H10O4Se2Zn. The van der Waals surface area contributed by atoms with Crippen LogP contribution in [0.25, 0.3) is 0 Å². The fourth-order valence-corrected chi connectivity index (χ4v) is 1.84. The molecule has 0 radical (unpaired) electrons. The van der Waals surface area contributed by atoms with Crippen LogP contribution in [0.1, 0.15) is 11.5 Å². The summed E-state index contributed by atoms with van der Waals surface area (Å²) in [7, 11) is 0. The second-order valence-electron chi connectivity index (χ2n) is 3.34. The summed E-state index contributed by atoms with van der Waals surface area (Å²) >= 11 is 5.28. The van der Waals surface area contributed by atoms with E-state index in [2.05, 4.69) is 32.0 Å². The van der Waals surface area contributed by atoms with Crippen molar-refractivity contribution < 1.29 is 38.5 Å². The molecule has 0 fully saturated rings. The molecule has 2 aromatic heterocycles. The van der Waals surface area contributed by atoms with Crippen molar-refractivity contribution in [2.75, 3.05) is 0 Å². The Hall–Kier alpha value is -0.438. The van der Waals surface area contributed by atoms with Crippen molar-refractivity contribution in [2.45, 2.75) is 13.8 Å². The fourth-order valence-electron chi connectivity index (χ4n) is 1.00. The Morgan fingerprint density at radius 1 is 0.842 bits per heavy atom. The molecule has 0 saturated carbocycles. The van der Waals surface area contributed by atoms with Gasteiger partial charge < -0.3 is 0 Å². The van der Waals surface area contributed by atoms with Gasteiger partial charge in [0.15, 0.2) is 0 Å². The van der Waals surface area contributed by atoms with Crippen molar-refractivity contribution >= 4 is 40.9 Å². The molecule has 0 aliphatic heterocycles. The van der Waals surface area contributed by atoms with Gasteiger partial charge in [0.25, 0.3) is 0 Å². The Balaban J connectivity index is 0.000000324. The van der Waals surface area contributed by atoms with E-state index in [1.807, 2.05) is 0 Å². The van der Waals surface area contributed by atoms with E-state index < -0.39 is 0 Å². The molecule has 0 saturated heterocycles. The molecule has 0 N–H and O–H groups in total. The van der Waals surface area contributed by atoms with Gasteiger partial charge in [0.1, 0.15) is 0 Å². The minimum atomic E-state index is -0.0579. The maximum absolute atomic E-state index is 10.8. The quantitative estimate of drug-likeness (QED) is 0.407. The Morgan fingerprint density at radius 2 is 1.16 bits per heavy atom. The Kier molecular flexibility index (Phi) is 8.48. The SMILES string of the molecule is Cc1[o+]ccc([Se-])c1[O-].Cc1[o+]ccc([Se-])c1[O-].[Zn+2]. The van der Waals surface area contributed by atoms with E-state index in [9.17, 15) is 10.2 Å².